The quantitative estimate of drug-likeness (QED) is 0.286. The van der Waals surface area contributed by atoms with Crippen molar-refractivity contribution in [3.63, 3.8) is 0 Å². The van der Waals surface area contributed by atoms with Gasteiger partial charge in [0.15, 0.2) is 0 Å². The molecule has 0 aliphatic heterocycles. The monoisotopic (exact) mass is 476 g/mol. The summed E-state index contributed by atoms with van der Waals surface area (Å²) in [6.07, 6.45) is 7.25. The van der Waals surface area contributed by atoms with Crippen LogP contribution in [0.3, 0.4) is 0 Å². The second-order valence-electron chi connectivity index (χ2n) is 9.42. The third-order valence-electron chi connectivity index (χ3n) is 6.55. The third kappa shape index (κ3) is 7.71. The first kappa shape index (κ1) is 26.5. The number of hydrogen-bond acceptors (Lipinski definition) is 3. The van der Waals surface area contributed by atoms with Gasteiger partial charge in [0.1, 0.15) is 12.4 Å². The van der Waals surface area contributed by atoms with Crippen LogP contribution in [0.1, 0.15) is 76.8 Å². The third-order valence-corrected chi connectivity index (χ3v) is 6.55. The van der Waals surface area contributed by atoms with Crippen LogP contribution in [0.2, 0.25) is 0 Å². The molecule has 2 aromatic carbocycles. The first-order valence-electron chi connectivity index (χ1n) is 13.1. The highest BCUT2D eigenvalue weighted by Gasteiger charge is 2.22. The number of carbonyl (C=O) groups excluding carboxylic acids is 2. The number of anilines is 1. The SMILES string of the molecule is CCCN(CCC)C(=O)/C(C)=C(/OCc1ccccc1)c1ccc(NC(=O)C2CCCCC2)cc1. The Morgan fingerprint density at radius 3 is 2.14 bits per heavy atom. The van der Waals surface area contributed by atoms with Crippen molar-refractivity contribution in [2.45, 2.75) is 72.3 Å². The standard InChI is InChI=1S/C30H40N2O3/c1-4-20-32(21-5-2)30(34)23(3)28(35-22-24-12-8-6-9-13-24)25-16-18-27(19-17-25)31-29(33)26-14-10-7-11-15-26/h6,8-9,12-13,16-19,26H,4-5,7,10-11,14-15,20-22H2,1-3H3,(H,31,33)/b28-23+. The zero-order valence-corrected chi connectivity index (χ0v) is 21.5. The van der Waals surface area contributed by atoms with E-state index in [0.717, 1.165) is 68.4 Å². The van der Waals surface area contributed by atoms with E-state index in [4.69, 9.17) is 4.74 Å². The average molecular weight is 477 g/mol. The van der Waals surface area contributed by atoms with Crippen LogP contribution in [-0.4, -0.2) is 29.8 Å². The van der Waals surface area contributed by atoms with Crippen LogP contribution in [0, 0.1) is 5.92 Å². The predicted molar refractivity (Wildman–Crippen MR) is 143 cm³/mol. The Morgan fingerprint density at radius 1 is 0.914 bits per heavy atom. The summed E-state index contributed by atoms with van der Waals surface area (Å²) in [5.41, 5.74) is 3.24. The maximum atomic E-state index is 13.4. The molecule has 0 unspecified atom stereocenters. The van der Waals surface area contributed by atoms with E-state index in [9.17, 15) is 9.59 Å². The molecule has 2 amide bonds. The number of ether oxygens (including phenoxy) is 1. The van der Waals surface area contributed by atoms with Gasteiger partial charge in [0.25, 0.3) is 5.91 Å². The zero-order valence-electron chi connectivity index (χ0n) is 21.5. The summed E-state index contributed by atoms with van der Waals surface area (Å²) in [6, 6.07) is 17.6. The van der Waals surface area contributed by atoms with E-state index in [1.54, 1.807) is 0 Å². The average Bonchev–Trinajstić information content (AvgIpc) is 2.90. The van der Waals surface area contributed by atoms with Crippen LogP contribution >= 0.6 is 0 Å². The van der Waals surface area contributed by atoms with Crippen molar-refractivity contribution in [2.24, 2.45) is 5.92 Å². The molecule has 35 heavy (non-hydrogen) atoms. The molecule has 5 nitrogen and oxygen atoms in total. The fraction of sp³-hybridized carbons (Fsp3) is 0.467. The first-order valence-corrected chi connectivity index (χ1v) is 13.1. The second-order valence-corrected chi connectivity index (χ2v) is 9.42. The molecule has 1 aliphatic carbocycles. The van der Waals surface area contributed by atoms with Crippen molar-refractivity contribution in [3.8, 4) is 0 Å². The Kier molecular flexibility index (Phi) is 10.4. The van der Waals surface area contributed by atoms with Gasteiger partial charge in [-0.1, -0.05) is 63.4 Å². The molecule has 2 aromatic rings. The van der Waals surface area contributed by atoms with Crippen LogP contribution < -0.4 is 5.32 Å². The zero-order chi connectivity index (χ0) is 25.0. The molecule has 0 heterocycles. The Bertz CT molecular complexity index is 970. The Labute approximate surface area is 210 Å². The first-order chi connectivity index (χ1) is 17.0. The number of nitrogens with one attached hydrogen (secondary N) is 1. The predicted octanol–water partition coefficient (Wildman–Crippen LogP) is 6.80. The van der Waals surface area contributed by atoms with Gasteiger partial charge in [-0.05, 0) is 62.4 Å². The van der Waals surface area contributed by atoms with Crippen LogP contribution in [-0.2, 0) is 20.9 Å². The molecule has 0 atom stereocenters. The molecule has 0 spiro atoms. The van der Waals surface area contributed by atoms with E-state index in [1.165, 1.54) is 6.42 Å². The van der Waals surface area contributed by atoms with Crippen molar-refractivity contribution in [1.29, 1.82) is 0 Å². The fourth-order valence-electron chi connectivity index (χ4n) is 4.64. The molecule has 3 rings (SSSR count). The lowest BCUT2D eigenvalue weighted by Crippen LogP contribution is -2.33. The molecule has 1 saturated carbocycles. The minimum Gasteiger partial charge on any atom is -0.488 e. The summed E-state index contributed by atoms with van der Waals surface area (Å²) in [7, 11) is 0. The molecule has 5 heteroatoms. The normalized spacial score (nSPS) is 14.7. The maximum absolute atomic E-state index is 13.4. The van der Waals surface area contributed by atoms with Gasteiger partial charge >= 0.3 is 0 Å². The van der Waals surface area contributed by atoms with Crippen molar-refractivity contribution in [1.82, 2.24) is 4.90 Å². The molecule has 188 valence electrons. The number of carbonyl (C=O) groups is 2. The van der Waals surface area contributed by atoms with E-state index >= 15 is 0 Å². The van der Waals surface area contributed by atoms with Gasteiger partial charge in [-0.2, -0.15) is 0 Å². The minimum atomic E-state index is 0.00596. The molecule has 0 radical (unpaired) electrons. The van der Waals surface area contributed by atoms with Crippen LogP contribution in [0.25, 0.3) is 5.76 Å². The van der Waals surface area contributed by atoms with Crippen LogP contribution in [0.4, 0.5) is 5.69 Å². The minimum absolute atomic E-state index is 0.00596. The molecule has 0 bridgehead atoms. The van der Waals surface area contributed by atoms with Gasteiger partial charge in [-0.15, -0.1) is 0 Å². The van der Waals surface area contributed by atoms with Crippen molar-refractivity contribution >= 4 is 23.3 Å². The van der Waals surface area contributed by atoms with E-state index in [2.05, 4.69) is 19.2 Å². The van der Waals surface area contributed by atoms with E-state index in [1.807, 2.05) is 66.4 Å². The summed E-state index contributed by atoms with van der Waals surface area (Å²) in [6.45, 7) is 7.84. The Hall–Kier alpha value is -3.08. The Balaban J connectivity index is 1.82. The molecular weight excluding hydrogens is 436 g/mol. The largest absolute Gasteiger partial charge is 0.488 e. The summed E-state index contributed by atoms with van der Waals surface area (Å²) in [5.74, 6) is 0.804. The number of nitrogens with zero attached hydrogens (tertiary/aromatic N) is 1. The number of rotatable bonds is 11. The highest BCUT2D eigenvalue weighted by Crippen LogP contribution is 2.27. The van der Waals surface area contributed by atoms with Crippen molar-refractivity contribution in [3.05, 3.63) is 71.3 Å². The lowest BCUT2D eigenvalue weighted by molar-refractivity contribution is -0.127. The topological polar surface area (TPSA) is 58.6 Å². The van der Waals surface area contributed by atoms with E-state index < -0.39 is 0 Å². The summed E-state index contributed by atoms with van der Waals surface area (Å²) in [4.78, 5) is 27.9. The van der Waals surface area contributed by atoms with Crippen molar-refractivity contribution in [2.75, 3.05) is 18.4 Å². The van der Waals surface area contributed by atoms with Crippen LogP contribution in [0.15, 0.2) is 60.2 Å². The van der Waals surface area contributed by atoms with E-state index in [0.29, 0.717) is 17.9 Å². The lowest BCUT2D eigenvalue weighted by Gasteiger charge is -2.24. The number of hydrogen-bond donors (Lipinski definition) is 1. The molecule has 1 aliphatic rings. The molecule has 1 N–H and O–H groups in total. The number of amides is 2. The van der Waals surface area contributed by atoms with Gasteiger partial charge in [0, 0.05) is 30.3 Å². The Morgan fingerprint density at radius 2 is 1.54 bits per heavy atom. The highest BCUT2D eigenvalue weighted by molar-refractivity contribution is 5.99. The molecule has 0 saturated heterocycles. The molecule has 1 fully saturated rings. The molecule has 0 aromatic heterocycles. The van der Waals surface area contributed by atoms with Gasteiger partial charge in [0.05, 0.1) is 5.57 Å². The molecular formula is C30H40N2O3. The fourth-order valence-corrected chi connectivity index (χ4v) is 4.64. The smallest absolute Gasteiger partial charge is 0.253 e. The van der Waals surface area contributed by atoms with Gasteiger partial charge < -0.3 is 15.0 Å². The van der Waals surface area contributed by atoms with Gasteiger partial charge in [-0.25, -0.2) is 0 Å². The van der Waals surface area contributed by atoms with Gasteiger partial charge in [0.2, 0.25) is 5.91 Å². The number of benzene rings is 2. The second kappa shape index (κ2) is 13.7. The maximum Gasteiger partial charge on any atom is 0.253 e. The van der Waals surface area contributed by atoms with Crippen LogP contribution in [0.5, 0.6) is 0 Å². The summed E-state index contributed by atoms with van der Waals surface area (Å²) in [5, 5.41) is 3.07. The van der Waals surface area contributed by atoms with Gasteiger partial charge in [-0.3, -0.25) is 9.59 Å². The van der Waals surface area contributed by atoms with Crippen molar-refractivity contribution < 1.29 is 14.3 Å². The summed E-state index contributed by atoms with van der Waals surface area (Å²) >= 11 is 0. The summed E-state index contributed by atoms with van der Waals surface area (Å²) < 4.78 is 6.26. The highest BCUT2D eigenvalue weighted by atomic mass is 16.5. The lowest BCUT2D eigenvalue weighted by atomic mass is 9.88. The van der Waals surface area contributed by atoms with E-state index in [-0.39, 0.29) is 17.7 Å².